The monoisotopic (exact) mass is 416 g/mol. The normalized spacial score (nSPS) is 30.2. The lowest BCUT2D eigenvalue weighted by atomic mass is 9.53. The minimum absolute atomic E-state index is 0.0950. The van der Waals surface area contributed by atoms with Gasteiger partial charge in [0.1, 0.15) is 5.56 Å². The first-order chi connectivity index (χ1) is 13.2. The Hall–Kier alpha value is -1.90. The van der Waals surface area contributed by atoms with E-state index < -0.39 is 40.5 Å². The third-order valence-electron chi connectivity index (χ3n) is 6.30. The van der Waals surface area contributed by atoms with E-state index >= 15 is 0 Å². The molecule has 0 atom stereocenters. The van der Waals surface area contributed by atoms with Crippen molar-refractivity contribution in [3.63, 3.8) is 0 Å². The number of nitrogens with one attached hydrogen (secondary N) is 2. The third kappa shape index (κ3) is 3.13. The van der Waals surface area contributed by atoms with Crippen molar-refractivity contribution in [3.8, 4) is 5.75 Å². The van der Waals surface area contributed by atoms with E-state index in [1.807, 2.05) is 0 Å². The van der Waals surface area contributed by atoms with Crippen LogP contribution in [0.25, 0.3) is 0 Å². The molecule has 2 N–H and O–H groups in total. The summed E-state index contributed by atoms with van der Waals surface area (Å²) in [7, 11) is 0.866. The van der Waals surface area contributed by atoms with Crippen LogP contribution in [0, 0.1) is 41.0 Å². The van der Waals surface area contributed by atoms with Gasteiger partial charge in [0.2, 0.25) is 11.6 Å². The molecule has 28 heavy (non-hydrogen) atoms. The first-order valence-electron chi connectivity index (χ1n) is 9.26. The van der Waals surface area contributed by atoms with Crippen LogP contribution in [0.5, 0.6) is 5.75 Å². The molecule has 0 aliphatic heterocycles. The Morgan fingerprint density at radius 1 is 0.964 bits per heavy atom. The minimum Gasteiger partial charge on any atom is -0.491 e. The lowest BCUT2D eigenvalue weighted by Gasteiger charge is -2.57. The van der Waals surface area contributed by atoms with Gasteiger partial charge in [0.05, 0.1) is 7.11 Å². The summed E-state index contributed by atoms with van der Waals surface area (Å²) in [6.45, 7) is 0. The molecule has 1 amide bonds. The van der Waals surface area contributed by atoms with Crippen molar-refractivity contribution in [2.75, 3.05) is 7.11 Å². The van der Waals surface area contributed by atoms with Crippen LogP contribution < -0.4 is 15.4 Å². The highest BCUT2D eigenvalue weighted by molar-refractivity contribution is 7.80. The van der Waals surface area contributed by atoms with Gasteiger partial charge in [0.25, 0.3) is 5.91 Å². The first-order valence-corrected chi connectivity index (χ1v) is 9.67. The van der Waals surface area contributed by atoms with Crippen LogP contribution in [0.2, 0.25) is 0 Å². The highest BCUT2D eigenvalue weighted by atomic mass is 32.1. The maximum absolute atomic E-state index is 14.1. The quantitative estimate of drug-likeness (QED) is 0.447. The number of amides is 1. The fraction of sp³-hybridized carbons (Fsp3) is 0.579. The predicted molar refractivity (Wildman–Crippen MR) is 96.9 cm³/mol. The molecule has 5 rings (SSSR count). The lowest BCUT2D eigenvalue weighted by molar-refractivity contribution is -0.0101. The number of carbonyl (C=O) groups is 1. The van der Waals surface area contributed by atoms with Gasteiger partial charge in [-0.2, -0.15) is 8.78 Å². The fourth-order valence-corrected chi connectivity index (χ4v) is 6.00. The molecule has 4 nitrogen and oxygen atoms in total. The fourth-order valence-electron chi connectivity index (χ4n) is 5.69. The zero-order valence-corrected chi connectivity index (χ0v) is 16.0. The summed E-state index contributed by atoms with van der Waals surface area (Å²) in [5.74, 6) is -7.90. The summed E-state index contributed by atoms with van der Waals surface area (Å²) in [5, 5.41) is 5.24. The Labute approximate surface area is 165 Å². The van der Waals surface area contributed by atoms with Gasteiger partial charge in [-0.1, -0.05) is 0 Å². The summed E-state index contributed by atoms with van der Waals surface area (Å²) in [6.07, 6.45) is 6.43. The van der Waals surface area contributed by atoms with Gasteiger partial charge < -0.3 is 10.1 Å². The lowest BCUT2D eigenvalue weighted by Crippen LogP contribution is -2.61. The SMILES string of the molecule is COc1c(F)c(F)c(C(=O)NC(=S)NC23CC4CC(CC(C4)C2)C3)c(F)c1F. The molecule has 0 unspecified atom stereocenters. The zero-order chi connectivity index (χ0) is 20.2. The van der Waals surface area contributed by atoms with E-state index in [2.05, 4.69) is 15.4 Å². The molecule has 152 valence electrons. The minimum atomic E-state index is -1.83. The molecular formula is C19H20F4N2O2S. The molecule has 0 aromatic heterocycles. The van der Waals surface area contributed by atoms with Crippen LogP contribution in [0.3, 0.4) is 0 Å². The number of ether oxygens (including phenoxy) is 1. The number of methoxy groups -OCH3 is 1. The van der Waals surface area contributed by atoms with Crippen LogP contribution in [0.15, 0.2) is 0 Å². The molecule has 1 aromatic rings. The van der Waals surface area contributed by atoms with Gasteiger partial charge in [-0.05, 0) is 68.5 Å². The highest BCUT2D eigenvalue weighted by Gasteiger charge is 2.51. The standard InChI is InChI=1S/C19H20F4N2O2S/c1-27-16-14(22)12(20)11(13(21)15(16)23)17(26)24-18(28)25-19-5-8-2-9(6-19)4-10(3-8)7-19/h8-10H,2-7H2,1H3,(H2,24,25,26,28). The molecule has 1 aromatic carbocycles. The average molecular weight is 416 g/mol. The molecule has 0 radical (unpaired) electrons. The number of hydrogen-bond donors (Lipinski definition) is 2. The van der Waals surface area contributed by atoms with Crippen molar-refractivity contribution in [1.29, 1.82) is 0 Å². The Kier molecular flexibility index (Phi) is 4.76. The van der Waals surface area contributed by atoms with Crippen molar-refractivity contribution >= 4 is 23.2 Å². The zero-order valence-electron chi connectivity index (χ0n) is 15.2. The molecule has 0 saturated heterocycles. The van der Waals surface area contributed by atoms with Crippen molar-refractivity contribution in [3.05, 3.63) is 28.8 Å². The Bertz CT molecular complexity index is 797. The second-order valence-corrected chi connectivity index (χ2v) is 8.68. The van der Waals surface area contributed by atoms with E-state index in [0.717, 1.165) is 26.4 Å². The largest absolute Gasteiger partial charge is 0.491 e. The Morgan fingerprint density at radius 2 is 1.43 bits per heavy atom. The van der Waals surface area contributed by atoms with Crippen LogP contribution >= 0.6 is 12.2 Å². The van der Waals surface area contributed by atoms with E-state index in [9.17, 15) is 22.4 Å². The maximum atomic E-state index is 14.1. The van der Waals surface area contributed by atoms with E-state index in [1.54, 1.807) is 0 Å². The molecular weight excluding hydrogens is 396 g/mol. The van der Waals surface area contributed by atoms with E-state index in [4.69, 9.17) is 12.2 Å². The van der Waals surface area contributed by atoms with Crippen LogP contribution in [-0.4, -0.2) is 23.7 Å². The predicted octanol–water partition coefficient (Wildman–Crippen LogP) is 3.82. The topological polar surface area (TPSA) is 50.4 Å². The summed E-state index contributed by atoms with van der Waals surface area (Å²) in [5.41, 5.74) is -1.60. The van der Waals surface area contributed by atoms with E-state index in [-0.39, 0.29) is 10.7 Å². The Morgan fingerprint density at radius 3 is 1.86 bits per heavy atom. The van der Waals surface area contributed by atoms with Crippen molar-refractivity contribution in [1.82, 2.24) is 10.6 Å². The first kappa shape index (κ1) is 19.4. The van der Waals surface area contributed by atoms with Gasteiger partial charge in [-0.25, -0.2) is 8.78 Å². The number of benzene rings is 1. The molecule has 0 heterocycles. The molecule has 4 aliphatic rings. The highest BCUT2D eigenvalue weighted by Crippen LogP contribution is 2.55. The second-order valence-electron chi connectivity index (χ2n) is 8.27. The molecule has 0 spiro atoms. The smallest absolute Gasteiger partial charge is 0.263 e. The Balaban J connectivity index is 1.51. The second kappa shape index (κ2) is 6.86. The third-order valence-corrected chi connectivity index (χ3v) is 6.50. The molecule has 4 aliphatic carbocycles. The number of carbonyl (C=O) groups excluding carboxylic acids is 1. The number of rotatable bonds is 3. The molecule has 4 bridgehead atoms. The maximum Gasteiger partial charge on any atom is 0.263 e. The van der Waals surface area contributed by atoms with Crippen molar-refractivity contribution in [2.45, 2.75) is 44.1 Å². The molecule has 9 heteroatoms. The number of thiocarbonyl (C=S) groups is 1. The summed E-state index contributed by atoms with van der Waals surface area (Å²) >= 11 is 5.17. The average Bonchev–Trinajstić information content (AvgIpc) is 2.59. The van der Waals surface area contributed by atoms with E-state index in [0.29, 0.717) is 17.8 Å². The molecule has 4 saturated carbocycles. The van der Waals surface area contributed by atoms with Crippen LogP contribution in [-0.2, 0) is 0 Å². The van der Waals surface area contributed by atoms with Gasteiger partial charge in [-0.15, -0.1) is 0 Å². The van der Waals surface area contributed by atoms with Crippen molar-refractivity contribution < 1.29 is 27.1 Å². The number of halogens is 4. The van der Waals surface area contributed by atoms with Crippen LogP contribution in [0.4, 0.5) is 17.6 Å². The van der Waals surface area contributed by atoms with Gasteiger partial charge in [0.15, 0.2) is 22.5 Å². The number of hydrogen-bond acceptors (Lipinski definition) is 3. The summed E-state index contributed by atoms with van der Waals surface area (Å²) in [6, 6.07) is 0. The van der Waals surface area contributed by atoms with Crippen molar-refractivity contribution in [2.24, 2.45) is 17.8 Å². The van der Waals surface area contributed by atoms with Gasteiger partial charge in [-0.3, -0.25) is 10.1 Å². The summed E-state index contributed by atoms with van der Waals surface area (Å²) < 4.78 is 60.3. The summed E-state index contributed by atoms with van der Waals surface area (Å²) in [4.78, 5) is 12.3. The van der Waals surface area contributed by atoms with Gasteiger partial charge in [0, 0.05) is 5.54 Å². The van der Waals surface area contributed by atoms with Gasteiger partial charge >= 0.3 is 0 Å². The molecule has 4 fully saturated rings. The van der Waals surface area contributed by atoms with Crippen LogP contribution in [0.1, 0.15) is 48.9 Å². The van der Waals surface area contributed by atoms with E-state index in [1.165, 1.54) is 19.3 Å².